The molecule has 0 saturated heterocycles. The number of aromatic nitrogens is 2. The lowest BCUT2D eigenvalue weighted by Gasteiger charge is -2.08. The molecule has 0 saturated carbocycles. The quantitative estimate of drug-likeness (QED) is 0.729. The van der Waals surface area contributed by atoms with Crippen LogP contribution in [0.25, 0.3) is 22.3 Å². The van der Waals surface area contributed by atoms with Gasteiger partial charge in [0, 0.05) is 23.2 Å². The van der Waals surface area contributed by atoms with Crippen LogP contribution in [-0.4, -0.2) is 24.2 Å². The van der Waals surface area contributed by atoms with Crippen molar-refractivity contribution in [2.45, 2.75) is 0 Å². The zero-order valence-corrected chi connectivity index (χ0v) is 11.3. The number of methoxy groups -OCH3 is 2. The minimum Gasteiger partial charge on any atom is -0.497 e. The Balaban J connectivity index is 2.14. The van der Waals surface area contributed by atoms with Crippen LogP contribution in [0.3, 0.4) is 0 Å². The van der Waals surface area contributed by atoms with Gasteiger partial charge >= 0.3 is 0 Å². The third kappa shape index (κ3) is 2.28. The molecule has 0 unspecified atom stereocenters. The Morgan fingerprint density at radius 2 is 1.65 bits per heavy atom. The van der Waals surface area contributed by atoms with Gasteiger partial charge in [0.2, 0.25) is 0 Å². The Morgan fingerprint density at radius 1 is 0.900 bits per heavy atom. The summed E-state index contributed by atoms with van der Waals surface area (Å²) >= 11 is 0. The molecule has 0 amide bonds. The van der Waals surface area contributed by atoms with E-state index in [1.165, 1.54) is 0 Å². The molecular weight excluding hydrogens is 252 g/mol. The largest absolute Gasteiger partial charge is 0.497 e. The van der Waals surface area contributed by atoms with E-state index in [1.807, 2.05) is 42.5 Å². The summed E-state index contributed by atoms with van der Waals surface area (Å²) in [7, 11) is 3.27. The molecule has 3 aromatic rings. The molecule has 4 heteroatoms. The van der Waals surface area contributed by atoms with E-state index in [0.29, 0.717) is 0 Å². The molecule has 3 rings (SSSR count). The first kappa shape index (κ1) is 12.4. The summed E-state index contributed by atoms with van der Waals surface area (Å²) in [5.74, 6) is 1.48. The molecule has 20 heavy (non-hydrogen) atoms. The van der Waals surface area contributed by atoms with Crippen LogP contribution < -0.4 is 9.47 Å². The van der Waals surface area contributed by atoms with Crippen LogP contribution in [0.2, 0.25) is 0 Å². The minimum absolute atomic E-state index is 0.729. The third-order valence-electron chi connectivity index (χ3n) is 3.11. The van der Waals surface area contributed by atoms with E-state index in [1.54, 1.807) is 20.4 Å². The fourth-order valence-corrected chi connectivity index (χ4v) is 2.07. The molecule has 0 N–H and O–H groups in total. The van der Waals surface area contributed by atoms with Gasteiger partial charge in [-0.1, -0.05) is 0 Å². The number of fused-ring (bicyclic) bond motifs is 1. The summed E-state index contributed by atoms with van der Waals surface area (Å²) < 4.78 is 10.6. The van der Waals surface area contributed by atoms with Crippen molar-refractivity contribution in [3.8, 4) is 22.8 Å². The molecule has 0 fully saturated rings. The second-order valence-corrected chi connectivity index (χ2v) is 4.35. The first-order valence-corrected chi connectivity index (χ1v) is 6.25. The van der Waals surface area contributed by atoms with Crippen molar-refractivity contribution in [3.05, 3.63) is 48.7 Å². The molecule has 1 aromatic carbocycles. The highest BCUT2D eigenvalue weighted by atomic mass is 16.5. The number of hydrogen-bond acceptors (Lipinski definition) is 4. The molecule has 0 atom stereocenters. The zero-order chi connectivity index (χ0) is 13.9. The van der Waals surface area contributed by atoms with Gasteiger partial charge in [0.1, 0.15) is 11.5 Å². The van der Waals surface area contributed by atoms with Crippen LogP contribution >= 0.6 is 0 Å². The van der Waals surface area contributed by atoms with Crippen LogP contribution in [0.5, 0.6) is 11.5 Å². The van der Waals surface area contributed by atoms with Crippen molar-refractivity contribution in [2.75, 3.05) is 14.2 Å². The van der Waals surface area contributed by atoms with Crippen LogP contribution in [-0.2, 0) is 0 Å². The summed E-state index contributed by atoms with van der Waals surface area (Å²) in [5, 5.41) is 1.02. The average molecular weight is 266 g/mol. The van der Waals surface area contributed by atoms with Gasteiger partial charge in [-0.2, -0.15) is 0 Å². The van der Waals surface area contributed by atoms with Crippen molar-refractivity contribution < 1.29 is 9.47 Å². The summed E-state index contributed by atoms with van der Waals surface area (Å²) in [5.41, 5.74) is 2.51. The summed E-state index contributed by atoms with van der Waals surface area (Å²) in [6.07, 6.45) is 1.74. The predicted molar refractivity (Wildman–Crippen MR) is 78.1 cm³/mol. The van der Waals surface area contributed by atoms with Crippen LogP contribution in [0.4, 0.5) is 0 Å². The standard InChI is InChI=1S/C16H14N2O2/c1-19-13-8-12(9-14(10-13)20-2)15-6-5-11-4-3-7-17-16(11)18-15/h3-10H,1-2H3. The molecule has 100 valence electrons. The Morgan fingerprint density at radius 3 is 2.35 bits per heavy atom. The number of pyridine rings is 2. The second-order valence-electron chi connectivity index (χ2n) is 4.35. The molecular formula is C16H14N2O2. The molecule has 0 aliphatic rings. The molecule has 0 aliphatic heterocycles. The third-order valence-corrected chi connectivity index (χ3v) is 3.11. The Kier molecular flexibility index (Phi) is 3.21. The zero-order valence-electron chi connectivity index (χ0n) is 11.3. The van der Waals surface area contributed by atoms with Gasteiger partial charge in [0.15, 0.2) is 5.65 Å². The van der Waals surface area contributed by atoms with Crippen LogP contribution in [0, 0.1) is 0 Å². The van der Waals surface area contributed by atoms with Crippen molar-refractivity contribution >= 4 is 11.0 Å². The lowest BCUT2D eigenvalue weighted by Crippen LogP contribution is -1.91. The lowest BCUT2D eigenvalue weighted by molar-refractivity contribution is 0.394. The normalized spacial score (nSPS) is 10.5. The maximum absolute atomic E-state index is 5.28. The minimum atomic E-state index is 0.729. The van der Waals surface area contributed by atoms with E-state index in [-0.39, 0.29) is 0 Å². The Hall–Kier alpha value is -2.62. The fourth-order valence-electron chi connectivity index (χ4n) is 2.07. The first-order chi connectivity index (χ1) is 9.80. The van der Waals surface area contributed by atoms with E-state index in [4.69, 9.17) is 9.47 Å². The van der Waals surface area contributed by atoms with Crippen molar-refractivity contribution in [1.82, 2.24) is 9.97 Å². The van der Waals surface area contributed by atoms with Gasteiger partial charge in [0.05, 0.1) is 19.9 Å². The SMILES string of the molecule is COc1cc(OC)cc(-c2ccc3cccnc3n2)c1. The van der Waals surface area contributed by atoms with Crippen molar-refractivity contribution in [2.24, 2.45) is 0 Å². The maximum Gasteiger partial charge on any atom is 0.159 e. The van der Waals surface area contributed by atoms with Crippen LogP contribution in [0.1, 0.15) is 0 Å². The predicted octanol–water partition coefficient (Wildman–Crippen LogP) is 3.31. The molecule has 0 aliphatic carbocycles. The number of benzene rings is 1. The average Bonchev–Trinajstić information content (AvgIpc) is 2.53. The van der Waals surface area contributed by atoms with Gasteiger partial charge in [-0.15, -0.1) is 0 Å². The fraction of sp³-hybridized carbons (Fsp3) is 0.125. The maximum atomic E-state index is 5.28. The Bertz CT molecular complexity index is 734. The summed E-state index contributed by atoms with van der Waals surface area (Å²) in [6, 6.07) is 13.6. The molecule has 0 radical (unpaired) electrons. The highest BCUT2D eigenvalue weighted by Crippen LogP contribution is 2.29. The number of ether oxygens (including phenoxy) is 2. The van der Waals surface area contributed by atoms with Crippen molar-refractivity contribution in [1.29, 1.82) is 0 Å². The number of hydrogen-bond donors (Lipinski definition) is 0. The highest BCUT2D eigenvalue weighted by molar-refractivity contribution is 5.78. The van der Waals surface area contributed by atoms with E-state index < -0.39 is 0 Å². The molecule has 0 bridgehead atoms. The van der Waals surface area contributed by atoms with E-state index in [9.17, 15) is 0 Å². The van der Waals surface area contributed by atoms with Gasteiger partial charge in [-0.05, 0) is 36.4 Å². The second kappa shape index (κ2) is 5.17. The highest BCUT2D eigenvalue weighted by Gasteiger charge is 2.06. The smallest absolute Gasteiger partial charge is 0.159 e. The molecule has 2 aromatic heterocycles. The Labute approximate surface area is 117 Å². The van der Waals surface area contributed by atoms with Gasteiger partial charge in [0.25, 0.3) is 0 Å². The summed E-state index contributed by atoms with van der Waals surface area (Å²) in [6.45, 7) is 0. The van der Waals surface area contributed by atoms with E-state index in [2.05, 4.69) is 9.97 Å². The van der Waals surface area contributed by atoms with Crippen molar-refractivity contribution in [3.63, 3.8) is 0 Å². The van der Waals surface area contributed by atoms with E-state index in [0.717, 1.165) is 33.8 Å². The lowest BCUT2D eigenvalue weighted by atomic mass is 10.1. The molecule has 0 spiro atoms. The van der Waals surface area contributed by atoms with Gasteiger partial charge in [-0.25, -0.2) is 9.97 Å². The molecule has 4 nitrogen and oxygen atoms in total. The number of nitrogens with zero attached hydrogens (tertiary/aromatic N) is 2. The topological polar surface area (TPSA) is 44.2 Å². The van der Waals surface area contributed by atoms with E-state index >= 15 is 0 Å². The summed E-state index contributed by atoms with van der Waals surface area (Å²) in [4.78, 5) is 8.85. The first-order valence-electron chi connectivity index (χ1n) is 6.25. The van der Waals surface area contributed by atoms with Gasteiger partial charge in [-0.3, -0.25) is 0 Å². The van der Waals surface area contributed by atoms with Crippen LogP contribution in [0.15, 0.2) is 48.7 Å². The number of rotatable bonds is 3. The molecule has 2 heterocycles. The monoisotopic (exact) mass is 266 g/mol. The van der Waals surface area contributed by atoms with Gasteiger partial charge < -0.3 is 9.47 Å².